The molecule has 1 aliphatic heterocycles. The van der Waals surface area contributed by atoms with Gasteiger partial charge in [0.05, 0.1) is 12.0 Å². The number of benzene rings is 1. The average Bonchev–Trinajstić information content (AvgIpc) is 2.87. The van der Waals surface area contributed by atoms with Gasteiger partial charge < -0.3 is 15.0 Å². The van der Waals surface area contributed by atoms with E-state index in [1.807, 2.05) is 0 Å². The highest BCUT2D eigenvalue weighted by atomic mass is 16.6. The number of hydrogen-bond donors (Lipinski definition) is 1. The van der Waals surface area contributed by atoms with Crippen LogP contribution in [0.5, 0.6) is 5.75 Å². The molecule has 1 saturated heterocycles. The lowest BCUT2D eigenvalue weighted by atomic mass is 10.2. The predicted molar refractivity (Wildman–Crippen MR) is 73.9 cm³/mol. The second-order valence-corrected chi connectivity index (χ2v) is 4.60. The molecule has 0 bridgehead atoms. The molecule has 0 spiro atoms. The van der Waals surface area contributed by atoms with Crippen molar-refractivity contribution in [3.63, 3.8) is 0 Å². The van der Waals surface area contributed by atoms with E-state index in [4.69, 9.17) is 4.74 Å². The summed E-state index contributed by atoms with van der Waals surface area (Å²) < 4.78 is 5.10. The molecule has 1 unspecified atom stereocenters. The van der Waals surface area contributed by atoms with Crippen molar-refractivity contribution in [2.75, 3.05) is 31.6 Å². The number of nitrogens with one attached hydrogen (secondary N) is 1. The van der Waals surface area contributed by atoms with Crippen molar-refractivity contribution >= 4 is 11.4 Å². The van der Waals surface area contributed by atoms with Gasteiger partial charge in [-0.2, -0.15) is 0 Å². The molecule has 0 saturated carbocycles. The van der Waals surface area contributed by atoms with Crippen LogP contribution in [0.25, 0.3) is 0 Å². The summed E-state index contributed by atoms with van der Waals surface area (Å²) >= 11 is 0. The van der Waals surface area contributed by atoms with Crippen LogP contribution < -0.4 is 15.0 Å². The van der Waals surface area contributed by atoms with E-state index >= 15 is 0 Å². The minimum atomic E-state index is -0.423. The number of anilines is 1. The molecule has 1 aromatic rings. The van der Waals surface area contributed by atoms with Gasteiger partial charge in [-0.15, -0.1) is 0 Å². The van der Waals surface area contributed by atoms with Gasteiger partial charge in [-0.05, 0) is 19.0 Å². The summed E-state index contributed by atoms with van der Waals surface area (Å²) in [5.41, 5.74) is 0.983. The van der Waals surface area contributed by atoms with Crippen LogP contribution in [-0.4, -0.2) is 37.7 Å². The van der Waals surface area contributed by atoms with E-state index in [2.05, 4.69) is 17.1 Å². The molecule has 1 atom stereocenters. The van der Waals surface area contributed by atoms with Gasteiger partial charge in [0.25, 0.3) is 0 Å². The fourth-order valence-corrected chi connectivity index (χ4v) is 2.46. The number of nitro groups is 1. The molecule has 2 rings (SSSR count). The number of likely N-dealkylation sites (N-methyl/N-ethyl adjacent to an activating group) is 1. The third-order valence-electron chi connectivity index (χ3n) is 3.41. The van der Waals surface area contributed by atoms with E-state index in [1.54, 1.807) is 12.1 Å². The molecule has 1 fully saturated rings. The molecule has 6 nitrogen and oxygen atoms in total. The molecule has 19 heavy (non-hydrogen) atoms. The lowest BCUT2D eigenvalue weighted by molar-refractivity contribution is -0.385. The monoisotopic (exact) mass is 265 g/mol. The Kier molecular flexibility index (Phi) is 4.21. The van der Waals surface area contributed by atoms with Crippen molar-refractivity contribution in [3.8, 4) is 5.75 Å². The molecule has 0 aliphatic carbocycles. The Morgan fingerprint density at radius 2 is 2.37 bits per heavy atom. The van der Waals surface area contributed by atoms with Gasteiger partial charge in [0.2, 0.25) is 0 Å². The number of nitrogens with zero attached hydrogens (tertiary/aromatic N) is 2. The van der Waals surface area contributed by atoms with Crippen LogP contribution in [0.15, 0.2) is 18.2 Å². The van der Waals surface area contributed by atoms with Crippen LogP contribution in [0.2, 0.25) is 0 Å². The lowest BCUT2D eigenvalue weighted by Crippen LogP contribution is -2.32. The summed E-state index contributed by atoms with van der Waals surface area (Å²) in [5.74, 6) is 0.314. The van der Waals surface area contributed by atoms with Gasteiger partial charge in [-0.25, -0.2) is 0 Å². The van der Waals surface area contributed by atoms with Crippen molar-refractivity contribution < 1.29 is 9.66 Å². The standard InChI is InChI=1S/C13H19N3O3/c1-3-14-10-6-7-15(9-10)11-4-5-12(16(17)18)13(8-11)19-2/h4-5,8,10,14H,3,6-7,9H2,1-2H3. The maximum absolute atomic E-state index is 10.9. The van der Waals surface area contributed by atoms with Crippen molar-refractivity contribution in [3.05, 3.63) is 28.3 Å². The maximum Gasteiger partial charge on any atom is 0.311 e. The first-order valence-corrected chi connectivity index (χ1v) is 6.46. The Labute approximate surface area is 112 Å². The molecular weight excluding hydrogens is 246 g/mol. The quantitative estimate of drug-likeness (QED) is 0.649. The van der Waals surface area contributed by atoms with E-state index in [0.29, 0.717) is 11.8 Å². The van der Waals surface area contributed by atoms with E-state index in [1.165, 1.54) is 13.2 Å². The Morgan fingerprint density at radius 1 is 1.58 bits per heavy atom. The topological polar surface area (TPSA) is 67.6 Å². The smallest absolute Gasteiger partial charge is 0.311 e. The third kappa shape index (κ3) is 2.96. The fraction of sp³-hybridized carbons (Fsp3) is 0.538. The molecule has 0 radical (unpaired) electrons. The zero-order valence-corrected chi connectivity index (χ0v) is 11.3. The fourth-order valence-electron chi connectivity index (χ4n) is 2.46. The number of rotatable bonds is 5. The van der Waals surface area contributed by atoms with Crippen LogP contribution in [0.1, 0.15) is 13.3 Å². The Bertz CT molecular complexity index is 464. The molecule has 104 valence electrons. The molecule has 1 heterocycles. The minimum Gasteiger partial charge on any atom is -0.490 e. The average molecular weight is 265 g/mol. The highest BCUT2D eigenvalue weighted by molar-refractivity contribution is 5.59. The first-order valence-electron chi connectivity index (χ1n) is 6.46. The summed E-state index contributed by atoms with van der Waals surface area (Å²) in [4.78, 5) is 12.7. The number of hydrogen-bond acceptors (Lipinski definition) is 5. The van der Waals surface area contributed by atoms with Crippen LogP contribution in [0, 0.1) is 10.1 Å². The lowest BCUT2D eigenvalue weighted by Gasteiger charge is -2.19. The molecule has 1 N–H and O–H groups in total. The molecule has 1 aliphatic rings. The van der Waals surface area contributed by atoms with Gasteiger partial charge in [0.15, 0.2) is 5.75 Å². The second-order valence-electron chi connectivity index (χ2n) is 4.60. The van der Waals surface area contributed by atoms with Gasteiger partial charge >= 0.3 is 5.69 Å². The van der Waals surface area contributed by atoms with E-state index in [9.17, 15) is 10.1 Å². The first-order chi connectivity index (χ1) is 9.15. The summed E-state index contributed by atoms with van der Waals surface area (Å²) in [6, 6.07) is 5.53. The number of ether oxygens (including phenoxy) is 1. The second kappa shape index (κ2) is 5.88. The zero-order valence-electron chi connectivity index (χ0n) is 11.3. The third-order valence-corrected chi connectivity index (χ3v) is 3.41. The Balaban J connectivity index is 2.16. The number of methoxy groups -OCH3 is 1. The number of nitro benzene ring substituents is 1. The Morgan fingerprint density at radius 3 is 3.00 bits per heavy atom. The molecule has 6 heteroatoms. The molecule has 0 aromatic heterocycles. The Hall–Kier alpha value is -1.82. The highest BCUT2D eigenvalue weighted by Crippen LogP contribution is 2.32. The highest BCUT2D eigenvalue weighted by Gasteiger charge is 2.24. The summed E-state index contributed by atoms with van der Waals surface area (Å²) in [5, 5.41) is 14.3. The van der Waals surface area contributed by atoms with Crippen molar-refractivity contribution in [2.45, 2.75) is 19.4 Å². The predicted octanol–water partition coefficient (Wildman–Crippen LogP) is 1.79. The van der Waals surface area contributed by atoms with Gasteiger partial charge in [0.1, 0.15) is 0 Å². The van der Waals surface area contributed by atoms with Gasteiger partial charge in [-0.1, -0.05) is 6.92 Å². The maximum atomic E-state index is 10.9. The molecule has 0 amide bonds. The van der Waals surface area contributed by atoms with Crippen LogP contribution >= 0.6 is 0 Å². The van der Waals surface area contributed by atoms with Gasteiger partial charge in [0, 0.05) is 37.0 Å². The molecular formula is C13H19N3O3. The normalized spacial score (nSPS) is 18.6. The van der Waals surface area contributed by atoms with E-state index in [-0.39, 0.29) is 5.69 Å². The van der Waals surface area contributed by atoms with E-state index < -0.39 is 4.92 Å². The first kappa shape index (κ1) is 13.6. The largest absolute Gasteiger partial charge is 0.490 e. The minimum absolute atomic E-state index is 0.00804. The zero-order chi connectivity index (χ0) is 13.8. The van der Waals surface area contributed by atoms with Crippen LogP contribution in [-0.2, 0) is 0 Å². The van der Waals surface area contributed by atoms with Gasteiger partial charge in [-0.3, -0.25) is 10.1 Å². The van der Waals surface area contributed by atoms with Crippen LogP contribution in [0.3, 0.4) is 0 Å². The SMILES string of the molecule is CCNC1CCN(c2ccc([N+](=O)[O-])c(OC)c2)C1. The van der Waals surface area contributed by atoms with Crippen molar-refractivity contribution in [2.24, 2.45) is 0 Å². The summed E-state index contributed by atoms with van der Waals surface area (Å²) in [6.07, 6.45) is 1.09. The summed E-state index contributed by atoms with van der Waals surface area (Å²) in [6.45, 7) is 4.94. The summed E-state index contributed by atoms with van der Waals surface area (Å²) in [7, 11) is 1.46. The molecule has 1 aromatic carbocycles. The van der Waals surface area contributed by atoms with Crippen LogP contribution in [0.4, 0.5) is 11.4 Å². The van der Waals surface area contributed by atoms with Crippen molar-refractivity contribution in [1.29, 1.82) is 0 Å². The van der Waals surface area contributed by atoms with E-state index in [0.717, 1.165) is 31.7 Å². The van der Waals surface area contributed by atoms with Crippen molar-refractivity contribution in [1.82, 2.24) is 5.32 Å².